The van der Waals surface area contributed by atoms with Crippen LogP contribution in [0.2, 0.25) is 0 Å². The summed E-state index contributed by atoms with van der Waals surface area (Å²) in [6.45, 7) is 2.01. The molecule has 2 rings (SSSR count). The number of ether oxygens (including phenoxy) is 1. The second-order valence-corrected chi connectivity index (χ2v) is 3.40. The number of fused-ring (bicyclic) bond motifs is 1. The van der Waals surface area contributed by atoms with E-state index in [9.17, 15) is 9.90 Å². The SMILES string of the molecule is CCC=CC1OC(=O)c2c(O)cccc21. The number of hydrogen-bond donors (Lipinski definition) is 1. The summed E-state index contributed by atoms with van der Waals surface area (Å²) in [7, 11) is 0. The predicted octanol–water partition coefficient (Wildman–Crippen LogP) is 2.57. The van der Waals surface area contributed by atoms with Crippen LogP contribution in [0.4, 0.5) is 0 Å². The zero-order valence-electron chi connectivity index (χ0n) is 8.43. The lowest BCUT2D eigenvalue weighted by molar-refractivity contribution is 0.0465. The Bertz CT molecular complexity index is 421. The minimum Gasteiger partial charge on any atom is -0.507 e. The fraction of sp³-hybridized carbons (Fsp3) is 0.250. The summed E-state index contributed by atoms with van der Waals surface area (Å²) in [5.41, 5.74) is 1.04. The van der Waals surface area contributed by atoms with Crippen LogP contribution < -0.4 is 0 Å². The third-order valence-electron chi connectivity index (χ3n) is 2.37. The molecular weight excluding hydrogens is 192 g/mol. The Kier molecular flexibility index (Phi) is 2.46. The number of aromatic hydroxyl groups is 1. The van der Waals surface area contributed by atoms with Gasteiger partial charge in [0.25, 0.3) is 0 Å². The number of carbonyl (C=O) groups excluding carboxylic acids is 1. The Morgan fingerprint density at radius 2 is 2.33 bits per heavy atom. The average molecular weight is 204 g/mol. The molecule has 3 heteroatoms. The highest BCUT2D eigenvalue weighted by molar-refractivity contribution is 5.97. The Morgan fingerprint density at radius 1 is 1.53 bits per heavy atom. The van der Waals surface area contributed by atoms with Crippen LogP contribution in [0, 0.1) is 0 Å². The zero-order valence-corrected chi connectivity index (χ0v) is 8.43. The van der Waals surface area contributed by atoms with E-state index in [-0.39, 0.29) is 11.9 Å². The fourth-order valence-corrected chi connectivity index (χ4v) is 1.66. The van der Waals surface area contributed by atoms with E-state index in [4.69, 9.17) is 4.74 Å². The third-order valence-corrected chi connectivity index (χ3v) is 2.37. The normalized spacial score (nSPS) is 19.3. The molecule has 0 saturated heterocycles. The quantitative estimate of drug-likeness (QED) is 0.595. The third kappa shape index (κ3) is 1.61. The largest absolute Gasteiger partial charge is 0.507 e. The van der Waals surface area contributed by atoms with Gasteiger partial charge in [0.2, 0.25) is 0 Å². The van der Waals surface area contributed by atoms with Crippen LogP contribution in [-0.4, -0.2) is 11.1 Å². The highest BCUT2D eigenvalue weighted by atomic mass is 16.5. The van der Waals surface area contributed by atoms with Crippen LogP contribution in [-0.2, 0) is 4.74 Å². The van der Waals surface area contributed by atoms with Crippen molar-refractivity contribution in [1.29, 1.82) is 0 Å². The molecule has 15 heavy (non-hydrogen) atoms. The molecule has 1 N–H and O–H groups in total. The Labute approximate surface area is 88.0 Å². The number of phenols is 1. The first-order chi connectivity index (χ1) is 7.24. The molecule has 1 aromatic rings. The minimum atomic E-state index is -0.450. The van der Waals surface area contributed by atoms with Gasteiger partial charge in [0.1, 0.15) is 17.4 Å². The number of allylic oxidation sites excluding steroid dienone is 1. The standard InChI is InChI=1S/C12H12O3/c1-2-3-7-10-8-5-4-6-9(13)11(8)12(14)15-10/h3-7,10,13H,2H2,1H3. The van der Waals surface area contributed by atoms with Gasteiger partial charge in [-0.3, -0.25) is 0 Å². The first-order valence-electron chi connectivity index (χ1n) is 4.93. The lowest BCUT2D eigenvalue weighted by atomic mass is 10.0. The summed E-state index contributed by atoms with van der Waals surface area (Å²) in [4.78, 5) is 11.4. The number of esters is 1. The number of cyclic esters (lactones) is 1. The number of carbonyl (C=O) groups is 1. The summed E-state index contributed by atoms with van der Waals surface area (Å²) >= 11 is 0. The summed E-state index contributed by atoms with van der Waals surface area (Å²) in [5, 5.41) is 9.52. The van der Waals surface area contributed by atoms with E-state index >= 15 is 0 Å². The lowest BCUT2D eigenvalue weighted by Gasteiger charge is -2.03. The first kappa shape index (κ1) is 9.77. The van der Waals surface area contributed by atoms with Crippen molar-refractivity contribution in [3.8, 4) is 5.75 Å². The van der Waals surface area contributed by atoms with Crippen LogP contribution in [0.15, 0.2) is 30.4 Å². The molecule has 1 aromatic carbocycles. The molecular formula is C12H12O3. The topological polar surface area (TPSA) is 46.5 Å². The Morgan fingerprint density at radius 3 is 3.07 bits per heavy atom. The Balaban J connectivity index is 2.42. The summed E-state index contributed by atoms with van der Waals surface area (Å²) in [6, 6.07) is 5.00. The van der Waals surface area contributed by atoms with E-state index in [1.165, 1.54) is 6.07 Å². The van der Waals surface area contributed by atoms with E-state index in [0.29, 0.717) is 5.56 Å². The molecule has 0 aromatic heterocycles. The molecule has 0 fully saturated rings. The second kappa shape index (κ2) is 3.77. The van der Waals surface area contributed by atoms with Gasteiger partial charge in [0, 0.05) is 5.56 Å². The second-order valence-electron chi connectivity index (χ2n) is 3.40. The highest BCUT2D eigenvalue weighted by Gasteiger charge is 2.31. The van der Waals surface area contributed by atoms with E-state index in [0.717, 1.165) is 12.0 Å². The highest BCUT2D eigenvalue weighted by Crippen LogP contribution is 2.36. The molecule has 0 spiro atoms. The van der Waals surface area contributed by atoms with Crippen LogP contribution in [0.5, 0.6) is 5.75 Å². The van der Waals surface area contributed by atoms with Crippen molar-refractivity contribution in [2.75, 3.05) is 0 Å². The molecule has 0 amide bonds. The van der Waals surface area contributed by atoms with E-state index in [1.807, 2.05) is 19.1 Å². The summed E-state index contributed by atoms with van der Waals surface area (Å²) < 4.78 is 5.13. The molecule has 0 aliphatic carbocycles. The lowest BCUT2D eigenvalue weighted by Crippen LogP contribution is -1.95. The van der Waals surface area contributed by atoms with Crippen molar-refractivity contribution < 1.29 is 14.6 Å². The van der Waals surface area contributed by atoms with Crippen molar-refractivity contribution >= 4 is 5.97 Å². The smallest absolute Gasteiger partial charge is 0.343 e. The monoisotopic (exact) mass is 204 g/mol. The van der Waals surface area contributed by atoms with Gasteiger partial charge in [0.05, 0.1) is 0 Å². The molecule has 78 valence electrons. The predicted molar refractivity (Wildman–Crippen MR) is 55.7 cm³/mol. The van der Waals surface area contributed by atoms with Crippen molar-refractivity contribution in [2.24, 2.45) is 0 Å². The van der Waals surface area contributed by atoms with Gasteiger partial charge in [-0.1, -0.05) is 25.1 Å². The van der Waals surface area contributed by atoms with E-state index in [1.54, 1.807) is 12.1 Å². The van der Waals surface area contributed by atoms with E-state index < -0.39 is 5.97 Å². The molecule has 0 radical (unpaired) electrons. The van der Waals surface area contributed by atoms with Gasteiger partial charge >= 0.3 is 5.97 Å². The first-order valence-corrected chi connectivity index (χ1v) is 4.93. The average Bonchev–Trinajstić information content (AvgIpc) is 2.54. The minimum absolute atomic E-state index is 0.00935. The van der Waals surface area contributed by atoms with Gasteiger partial charge in [-0.25, -0.2) is 4.79 Å². The van der Waals surface area contributed by atoms with Gasteiger partial charge in [-0.2, -0.15) is 0 Å². The molecule has 1 unspecified atom stereocenters. The summed E-state index contributed by atoms with van der Waals surface area (Å²) in [6.07, 6.45) is 4.32. The molecule has 3 nitrogen and oxygen atoms in total. The van der Waals surface area contributed by atoms with Gasteiger partial charge in [-0.05, 0) is 18.6 Å². The van der Waals surface area contributed by atoms with Crippen molar-refractivity contribution in [2.45, 2.75) is 19.4 Å². The molecule has 1 heterocycles. The van der Waals surface area contributed by atoms with Gasteiger partial charge in [0.15, 0.2) is 0 Å². The van der Waals surface area contributed by atoms with Crippen molar-refractivity contribution in [3.05, 3.63) is 41.5 Å². The maximum absolute atomic E-state index is 11.4. The number of rotatable bonds is 2. The molecule has 1 aliphatic heterocycles. The van der Waals surface area contributed by atoms with E-state index in [2.05, 4.69) is 0 Å². The van der Waals surface area contributed by atoms with Crippen LogP contribution >= 0.6 is 0 Å². The van der Waals surface area contributed by atoms with Crippen LogP contribution in [0.25, 0.3) is 0 Å². The zero-order chi connectivity index (χ0) is 10.8. The molecule has 1 atom stereocenters. The molecule has 1 aliphatic rings. The van der Waals surface area contributed by atoms with Crippen LogP contribution in [0.3, 0.4) is 0 Å². The van der Waals surface area contributed by atoms with Crippen molar-refractivity contribution in [3.63, 3.8) is 0 Å². The van der Waals surface area contributed by atoms with Crippen LogP contribution in [0.1, 0.15) is 35.4 Å². The van der Waals surface area contributed by atoms with Crippen molar-refractivity contribution in [1.82, 2.24) is 0 Å². The maximum atomic E-state index is 11.4. The molecule has 0 saturated carbocycles. The van der Waals surface area contributed by atoms with Gasteiger partial charge in [-0.15, -0.1) is 0 Å². The molecule has 0 bridgehead atoms. The summed E-state index contributed by atoms with van der Waals surface area (Å²) in [5.74, 6) is -0.459. The maximum Gasteiger partial charge on any atom is 0.343 e. The van der Waals surface area contributed by atoms with Gasteiger partial charge < -0.3 is 9.84 Å². The Hall–Kier alpha value is -1.77. The fourth-order valence-electron chi connectivity index (χ4n) is 1.66. The number of benzene rings is 1. The number of hydrogen-bond acceptors (Lipinski definition) is 3. The number of phenolic OH excluding ortho intramolecular Hbond substituents is 1.